The summed E-state index contributed by atoms with van der Waals surface area (Å²) < 4.78 is 32.6. The summed E-state index contributed by atoms with van der Waals surface area (Å²) in [6, 6.07) is 9.95. The van der Waals surface area contributed by atoms with E-state index >= 15 is 0 Å². The van der Waals surface area contributed by atoms with E-state index in [1.165, 1.54) is 18.1 Å². The predicted molar refractivity (Wildman–Crippen MR) is 109 cm³/mol. The normalized spacial score (nSPS) is 16.4. The average molecular weight is 398 g/mol. The van der Waals surface area contributed by atoms with Gasteiger partial charge in [-0.1, -0.05) is 12.1 Å². The molecular formula is C20H22N4O3S. The lowest BCUT2D eigenvalue weighted by Gasteiger charge is -2.28. The zero-order valence-electron chi connectivity index (χ0n) is 16.1. The highest BCUT2D eigenvalue weighted by atomic mass is 32.2. The molecule has 0 spiro atoms. The van der Waals surface area contributed by atoms with Crippen molar-refractivity contribution in [3.63, 3.8) is 0 Å². The van der Waals surface area contributed by atoms with Crippen LogP contribution in [0.25, 0.3) is 22.2 Å². The first-order valence-corrected chi connectivity index (χ1v) is 10.8. The average Bonchev–Trinajstić information content (AvgIpc) is 2.70. The van der Waals surface area contributed by atoms with Crippen LogP contribution in [0.2, 0.25) is 0 Å². The second-order valence-electron chi connectivity index (χ2n) is 6.85. The minimum Gasteiger partial charge on any atom is -0.493 e. The summed E-state index contributed by atoms with van der Waals surface area (Å²) >= 11 is 0. The third kappa shape index (κ3) is 3.29. The number of benzene rings is 2. The summed E-state index contributed by atoms with van der Waals surface area (Å²) in [4.78, 5) is 8.88. The van der Waals surface area contributed by atoms with Gasteiger partial charge in [0.05, 0.1) is 25.4 Å². The third-order valence-electron chi connectivity index (χ3n) is 5.09. The van der Waals surface area contributed by atoms with Crippen LogP contribution in [0, 0.1) is 4.78 Å². The molecule has 2 aromatic carbocycles. The van der Waals surface area contributed by atoms with Crippen molar-refractivity contribution in [3.05, 3.63) is 47.8 Å². The Labute approximate surface area is 164 Å². The molecule has 7 nitrogen and oxygen atoms in total. The Bertz CT molecular complexity index is 1160. The van der Waals surface area contributed by atoms with Crippen LogP contribution in [0.4, 0.5) is 0 Å². The lowest BCUT2D eigenvalue weighted by Crippen LogP contribution is -2.34. The molecule has 1 atom stereocenters. The molecule has 4 rings (SSSR count). The van der Waals surface area contributed by atoms with Gasteiger partial charge in [0.1, 0.15) is 16.2 Å². The molecule has 8 heteroatoms. The molecule has 0 fully saturated rings. The van der Waals surface area contributed by atoms with E-state index in [2.05, 4.69) is 28.2 Å². The molecule has 1 aromatic heterocycles. The summed E-state index contributed by atoms with van der Waals surface area (Å²) in [5.41, 5.74) is 4.82. The number of fused-ring (bicyclic) bond motifs is 2. The van der Waals surface area contributed by atoms with Gasteiger partial charge in [0.2, 0.25) is 0 Å². The summed E-state index contributed by atoms with van der Waals surface area (Å²) in [5, 5.41) is 0.868. The highest BCUT2D eigenvalue weighted by Gasteiger charge is 2.22. The number of nitrogens with one attached hydrogen (secondary N) is 1. The maximum absolute atomic E-state index is 12.2. The number of ether oxygens (including phenoxy) is 2. The van der Waals surface area contributed by atoms with E-state index in [1.54, 1.807) is 18.5 Å². The predicted octanol–water partition coefficient (Wildman–Crippen LogP) is 3.26. The van der Waals surface area contributed by atoms with E-state index in [4.69, 9.17) is 14.3 Å². The van der Waals surface area contributed by atoms with Gasteiger partial charge in [-0.2, -0.15) is 0 Å². The van der Waals surface area contributed by atoms with Crippen LogP contribution < -0.4 is 9.47 Å². The van der Waals surface area contributed by atoms with Gasteiger partial charge < -0.3 is 9.47 Å². The van der Waals surface area contributed by atoms with Gasteiger partial charge in [-0.3, -0.25) is 0 Å². The SMILES string of the molecule is COc1cc2ncnc(-c3ccc4c(c3)CN([S@@](C)(=N)=O)CC4)c2cc1OC. The van der Waals surface area contributed by atoms with Crippen LogP contribution in [0.5, 0.6) is 11.5 Å². The van der Waals surface area contributed by atoms with Gasteiger partial charge in [-0.15, -0.1) is 0 Å². The van der Waals surface area contributed by atoms with Gasteiger partial charge >= 0.3 is 0 Å². The largest absolute Gasteiger partial charge is 0.493 e. The first kappa shape index (κ1) is 18.6. The highest BCUT2D eigenvalue weighted by Crippen LogP contribution is 2.36. The number of hydrogen-bond donors (Lipinski definition) is 1. The lowest BCUT2D eigenvalue weighted by molar-refractivity contribution is 0.356. The van der Waals surface area contributed by atoms with Crippen LogP contribution in [0.15, 0.2) is 36.7 Å². The van der Waals surface area contributed by atoms with Gasteiger partial charge in [0.25, 0.3) is 0 Å². The molecule has 146 valence electrons. The molecule has 0 aliphatic carbocycles. The molecule has 0 amide bonds. The fraction of sp³-hybridized carbons (Fsp3) is 0.300. The fourth-order valence-corrected chi connectivity index (χ4v) is 4.41. The van der Waals surface area contributed by atoms with Gasteiger partial charge in [-0.25, -0.2) is 23.3 Å². The Morgan fingerprint density at radius 3 is 2.54 bits per heavy atom. The van der Waals surface area contributed by atoms with E-state index in [0.29, 0.717) is 24.6 Å². The molecule has 2 heterocycles. The molecule has 1 N–H and O–H groups in total. The Morgan fingerprint density at radius 2 is 1.82 bits per heavy atom. The van der Waals surface area contributed by atoms with Crippen LogP contribution >= 0.6 is 0 Å². The maximum Gasteiger partial charge on any atom is 0.162 e. The van der Waals surface area contributed by atoms with E-state index in [9.17, 15) is 4.21 Å². The van der Waals surface area contributed by atoms with Crippen LogP contribution in [-0.2, 0) is 22.9 Å². The van der Waals surface area contributed by atoms with E-state index in [-0.39, 0.29) is 0 Å². The molecule has 0 radical (unpaired) electrons. The van der Waals surface area contributed by atoms with Crippen molar-refractivity contribution >= 4 is 20.8 Å². The van der Waals surface area contributed by atoms with Crippen molar-refractivity contribution in [2.45, 2.75) is 13.0 Å². The molecule has 0 bridgehead atoms. The minimum absolute atomic E-state index is 0.502. The van der Waals surface area contributed by atoms with Crippen molar-refractivity contribution in [2.24, 2.45) is 0 Å². The number of methoxy groups -OCH3 is 2. The Kier molecular flexibility index (Phi) is 4.68. The van der Waals surface area contributed by atoms with Crippen LogP contribution in [0.3, 0.4) is 0 Å². The molecular weight excluding hydrogens is 376 g/mol. The number of aromatic nitrogens is 2. The summed E-state index contributed by atoms with van der Waals surface area (Å²) in [7, 11) is 0.477. The quantitative estimate of drug-likeness (QED) is 0.729. The van der Waals surface area contributed by atoms with Crippen molar-refractivity contribution in [1.82, 2.24) is 14.3 Å². The second-order valence-corrected chi connectivity index (χ2v) is 8.97. The summed E-state index contributed by atoms with van der Waals surface area (Å²) in [6.45, 7) is 1.14. The Morgan fingerprint density at radius 1 is 1.07 bits per heavy atom. The number of hydrogen-bond acceptors (Lipinski definition) is 6. The van der Waals surface area contributed by atoms with Crippen LogP contribution in [0.1, 0.15) is 11.1 Å². The molecule has 0 unspecified atom stereocenters. The summed E-state index contributed by atoms with van der Waals surface area (Å²) in [6.07, 6.45) is 3.80. The Balaban J connectivity index is 1.83. The lowest BCUT2D eigenvalue weighted by atomic mass is 9.96. The van der Waals surface area contributed by atoms with Gasteiger partial charge in [0.15, 0.2) is 11.5 Å². The first-order valence-electron chi connectivity index (χ1n) is 8.88. The first-order chi connectivity index (χ1) is 13.4. The third-order valence-corrected chi connectivity index (χ3v) is 6.39. The zero-order valence-corrected chi connectivity index (χ0v) is 16.9. The molecule has 1 aliphatic rings. The maximum atomic E-state index is 12.2. The highest BCUT2D eigenvalue weighted by molar-refractivity contribution is 7.89. The zero-order chi connectivity index (χ0) is 19.9. The van der Waals surface area contributed by atoms with Gasteiger partial charge in [-0.05, 0) is 29.7 Å². The molecule has 1 aliphatic heterocycles. The molecule has 0 saturated carbocycles. The van der Waals surface area contributed by atoms with E-state index < -0.39 is 9.92 Å². The number of nitrogens with zero attached hydrogens (tertiary/aromatic N) is 3. The molecule has 0 saturated heterocycles. The van der Waals surface area contributed by atoms with Crippen molar-refractivity contribution in [1.29, 1.82) is 4.78 Å². The minimum atomic E-state index is -2.72. The van der Waals surface area contributed by atoms with E-state index in [0.717, 1.165) is 34.1 Å². The van der Waals surface area contributed by atoms with E-state index in [1.807, 2.05) is 12.1 Å². The number of rotatable bonds is 4. The standard InChI is InChI=1S/C20H22N4O3S/c1-26-18-9-16-17(10-19(18)27-2)22-12-23-20(16)14-5-4-13-6-7-24(28(3,21)25)11-15(13)8-14/h4-5,8-10,12,21H,6-7,11H2,1-3H3/t28-/m1/s1. The smallest absolute Gasteiger partial charge is 0.162 e. The van der Waals surface area contributed by atoms with Crippen molar-refractivity contribution in [3.8, 4) is 22.8 Å². The Hall–Kier alpha value is -2.71. The fourth-order valence-electron chi connectivity index (χ4n) is 3.59. The van der Waals surface area contributed by atoms with Crippen LogP contribution in [-0.4, -0.2) is 45.5 Å². The second kappa shape index (κ2) is 7.03. The monoisotopic (exact) mass is 398 g/mol. The topological polar surface area (TPSA) is 88.4 Å². The van der Waals surface area contributed by atoms with Crippen molar-refractivity contribution < 1.29 is 13.7 Å². The summed E-state index contributed by atoms with van der Waals surface area (Å²) in [5.74, 6) is 1.24. The van der Waals surface area contributed by atoms with Crippen molar-refractivity contribution in [2.75, 3.05) is 27.0 Å². The molecule has 28 heavy (non-hydrogen) atoms. The van der Waals surface area contributed by atoms with Gasteiger partial charge in [0, 0.05) is 36.4 Å². The molecule has 3 aromatic rings.